The summed E-state index contributed by atoms with van der Waals surface area (Å²) in [5, 5.41) is 9.51. The van der Waals surface area contributed by atoms with E-state index >= 15 is 0 Å². The van der Waals surface area contributed by atoms with E-state index < -0.39 is 17.7 Å². The Labute approximate surface area is 143 Å². The van der Waals surface area contributed by atoms with Gasteiger partial charge in [0.25, 0.3) is 5.91 Å². The number of carbonyl (C=O) groups is 2. The highest BCUT2D eigenvalue weighted by atomic mass is 79.9. The van der Waals surface area contributed by atoms with Crippen molar-refractivity contribution >= 4 is 27.8 Å². The van der Waals surface area contributed by atoms with Gasteiger partial charge in [-0.1, -0.05) is 22.9 Å². The van der Waals surface area contributed by atoms with Crippen LogP contribution in [-0.2, 0) is 9.53 Å². The fourth-order valence-electron chi connectivity index (χ4n) is 3.50. The Bertz CT molecular complexity index is 608. The van der Waals surface area contributed by atoms with Gasteiger partial charge >= 0.3 is 5.97 Å². The molecule has 1 heterocycles. The SMILES string of the molecule is CC1CCC2(CC1)OC[C@H](C(=O)O)N2C(=O)c1ccc(Br)cc1. The monoisotopic (exact) mass is 381 g/mol. The number of nitrogens with zero attached hydrogens (tertiary/aromatic N) is 1. The van der Waals surface area contributed by atoms with Gasteiger partial charge in [-0.3, -0.25) is 9.69 Å². The molecule has 5 nitrogen and oxygen atoms in total. The fourth-order valence-corrected chi connectivity index (χ4v) is 3.76. The number of hydrogen-bond donors (Lipinski definition) is 1. The first kappa shape index (κ1) is 16.5. The van der Waals surface area contributed by atoms with E-state index in [4.69, 9.17) is 4.74 Å². The zero-order valence-corrected chi connectivity index (χ0v) is 14.6. The van der Waals surface area contributed by atoms with Gasteiger partial charge in [0.05, 0.1) is 6.61 Å². The van der Waals surface area contributed by atoms with E-state index in [9.17, 15) is 14.7 Å². The molecule has 0 aromatic heterocycles. The fraction of sp³-hybridized carbons (Fsp3) is 0.529. The first-order chi connectivity index (χ1) is 10.9. The van der Waals surface area contributed by atoms with Crippen LogP contribution in [0.15, 0.2) is 28.7 Å². The Hall–Kier alpha value is -1.40. The largest absolute Gasteiger partial charge is 0.480 e. The molecule has 1 atom stereocenters. The van der Waals surface area contributed by atoms with Crippen LogP contribution in [0, 0.1) is 5.92 Å². The molecule has 0 unspecified atom stereocenters. The number of halogens is 1. The molecule has 6 heteroatoms. The maximum absolute atomic E-state index is 13.0. The molecule has 1 N–H and O–H groups in total. The molecule has 1 saturated carbocycles. The topological polar surface area (TPSA) is 66.8 Å². The lowest BCUT2D eigenvalue weighted by atomic mass is 9.83. The molecule has 23 heavy (non-hydrogen) atoms. The Morgan fingerprint density at radius 3 is 2.43 bits per heavy atom. The summed E-state index contributed by atoms with van der Waals surface area (Å²) in [5.74, 6) is -0.694. The van der Waals surface area contributed by atoms with Gasteiger partial charge in [0, 0.05) is 10.0 Å². The van der Waals surface area contributed by atoms with Gasteiger partial charge in [0.1, 0.15) is 5.72 Å². The smallest absolute Gasteiger partial charge is 0.328 e. The van der Waals surface area contributed by atoms with Crippen LogP contribution < -0.4 is 0 Å². The van der Waals surface area contributed by atoms with Crippen molar-refractivity contribution in [1.29, 1.82) is 0 Å². The molecule has 1 aliphatic carbocycles. The van der Waals surface area contributed by atoms with Crippen molar-refractivity contribution < 1.29 is 19.4 Å². The number of carbonyl (C=O) groups excluding carboxylic acids is 1. The van der Waals surface area contributed by atoms with Gasteiger partial charge in [0.15, 0.2) is 6.04 Å². The average Bonchev–Trinajstić information content (AvgIpc) is 2.90. The Balaban J connectivity index is 1.94. The number of rotatable bonds is 2. The average molecular weight is 382 g/mol. The summed E-state index contributed by atoms with van der Waals surface area (Å²) < 4.78 is 6.78. The lowest BCUT2D eigenvalue weighted by molar-refractivity contribution is -0.143. The van der Waals surface area contributed by atoms with Crippen LogP contribution in [0.4, 0.5) is 0 Å². The van der Waals surface area contributed by atoms with Gasteiger partial charge in [-0.2, -0.15) is 0 Å². The van der Waals surface area contributed by atoms with Gasteiger partial charge in [-0.25, -0.2) is 4.79 Å². The predicted molar refractivity (Wildman–Crippen MR) is 88.1 cm³/mol. The zero-order valence-electron chi connectivity index (χ0n) is 13.0. The van der Waals surface area contributed by atoms with Crippen LogP contribution in [0.1, 0.15) is 43.0 Å². The molecule has 1 aromatic carbocycles. The maximum Gasteiger partial charge on any atom is 0.328 e. The van der Waals surface area contributed by atoms with Crippen molar-refractivity contribution in [3.63, 3.8) is 0 Å². The zero-order chi connectivity index (χ0) is 16.6. The van der Waals surface area contributed by atoms with E-state index in [1.807, 2.05) is 0 Å². The molecule has 1 spiro atoms. The van der Waals surface area contributed by atoms with Gasteiger partial charge < -0.3 is 9.84 Å². The van der Waals surface area contributed by atoms with Gasteiger partial charge in [-0.15, -0.1) is 0 Å². The molecular formula is C17H20BrNO4. The molecule has 0 radical (unpaired) electrons. The Morgan fingerprint density at radius 1 is 1.26 bits per heavy atom. The minimum absolute atomic E-state index is 0.0615. The van der Waals surface area contributed by atoms with Crippen LogP contribution in [0.25, 0.3) is 0 Å². The highest BCUT2D eigenvalue weighted by molar-refractivity contribution is 9.10. The second-order valence-corrected chi connectivity index (χ2v) is 7.39. The van der Waals surface area contributed by atoms with Gasteiger partial charge in [-0.05, 0) is 55.9 Å². The van der Waals surface area contributed by atoms with Crippen LogP contribution in [0.2, 0.25) is 0 Å². The van der Waals surface area contributed by atoms with Crippen molar-refractivity contribution in [2.45, 2.75) is 44.4 Å². The quantitative estimate of drug-likeness (QED) is 0.853. The summed E-state index contributed by atoms with van der Waals surface area (Å²) in [6, 6.07) is 6.08. The number of amides is 1. The normalized spacial score (nSPS) is 30.6. The van der Waals surface area contributed by atoms with E-state index in [1.165, 1.54) is 4.90 Å². The highest BCUT2D eigenvalue weighted by Gasteiger charge is 2.53. The molecule has 1 amide bonds. The molecule has 2 fully saturated rings. The van der Waals surface area contributed by atoms with E-state index in [-0.39, 0.29) is 12.5 Å². The third kappa shape index (κ3) is 3.02. The second kappa shape index (κ2) is 6.24. The molecule has 1 aromatic rings. The van der Waals surface area contributed by atoms with E-state index in [1.54, 1.807) is 24.3 Å². The lowest BCUT2D eigenvalue weighted by Gasteiger charge is -2.42. The Kier molecular flexibility index (Phi) is 4.47. The van der Waals surface area contributed by atoms with Crippen molar-refractivity contribution in [2.24, 2.45) is 5.92 Å². The first-order valence-electron chi connectivity index (χ1n) is 7.89. The number of ether oxygens (including phenoxy) is 1. The van der Waals surface area contributed by atoms with E-state index in [0.717, 1.165) is 17.3 Å². The summed E-state index contributed by atoms with van der Waals surface area (Å²) in [7, 11) is 0. The number of benzene rings is 1. The summed E-state index contributed by atoms with van der Waals surface area (Å²) in [6.45, 7) is 2.24. The first-order valence-corrected chi connectivity index (χ1v) is 8.68. The molecule has 124 valence electrons. The maximum atomic E-state index is 13.0. The van der Waals surface area contributed by atoms with E-state index in [0.29, 0.717) is 24.3 Å². The molecule has 1 aliphatic heterocycles. The number of hydrogen-bond acceptors (Lipinski definition) is 3. The molecular weight excluding hydrogens is 362 g/mol. The Morgan fingerprint density at radius 2 is 1.87 bits per heavy atom. The highest BCUT2D eigenvalue weighted by Crippen LogP contribution is 2.43. The summed E-state index contributed by atoms with van der Waals surface area (Å²) in [4.78, 5) is 26.1. The van der Waals surface area contributed by atoms with Crippen LogP contribution in [0.5, 0.6) is 0 Å². The van der Waals surface area contributed by atoms with Crippen molar-refractivity contribution in [3.05, 3.63) is 34.3 Å². The molecule has 3 rings (SSSR count). The minimum Gasteiger partial charge on any atom is -0.480 e. The van der Waals surface area contributed by atoms with Crippen LogP contribution in [-0.4, -0.2) is 40.3 Å². The van der Waals surface area contributed by atoms with Crippen LogP contribution in [0.3, 0.4) is 0 Å². The summed E-state index contributed by atoms with van der Waals surface area (Å²) in [6.07, 6.45) is 3.27. The third-order valence-corrected chi connectivity index (χ3v) is 5.44. The molecule has 1 saturated heterocycles. The molecule has 0 bridgehead atoms. The number of carboxylic acids is 1. The lowest BCUT2D eigenvalue weighted by Crippen LogP contribution is -2.55. The van der Waals surface area contributed by atoms with Crippen molar-refractivity contribution in [2.75, 3.05) is 6.61 Å². The summed E-state index contributed by atoms with van der Waals surface area (Å²) in [5.41, 5.74) is -0.275. The standard InChI is InChI=1S/C17H20BrNO4/c1-11-6-8-17(9-7-11)19(14(10-23-17)16(21)22)15(20)12-2-4-13(18)5-3-12/h2-5,11,14H,6-10H2,1H3,(H,21,22)/t11?,14-,17?/m1/s1. The van der Waals surface area contributed by atoms with Crippen molar-refractivity contribution in [1.82, 2.24) is 4.90 Å². The second-order valence-electron chi connectivity index (χ2n) is 6.48. The molecule has 2 aliphatic rings. The third-order valence-electron chi connectivity index (χ3n) is 4.91. The summed E-state index contributed by atoms with van der Waals surface area (Å²) >= 11 is 3.35. The minimum atomic E-state index is -1.01. The van der Waals surface area contributed by atoms with Gasteiger partial charge in [0.2, 0.25) is 0 Å². The predicted octanol–water partition coefficient (Wildman–Crippen LogP) is 3.28. The van der Waals surface area contributed by atoms with Crippen LogP contribution >= 0.6 is 15.9 Å². The van der Waals surface area contributed by atoms with Crippen molar-refractivity contribution in [3.8, 4) is 0 Å². The van der Waals surface area contributed by atoms with E-state index in [2.05, 4.69) is 22.9 Å². The number of aliphatic carboxylic acids is 1. The number of carboxylic acid groups (broad SMARTS) is 1.